The average Bonchev–Trinajstić information content (AvgIpc) is 2.09. The van der Waals surface area contributed by atoms with Gasteiger partial charge >= 0.3 is 11.8 Å². The van der Waals surface area contributed by atoms with Crippen LogP contribution in [0.4, 0.5) is 4.79 Å². The van der Waals surface area contributed by atoms with Crippen molar-refractivity contribution >= 4 is 6.09 Å². The third kappa shape index (κ3) is 2.22. The third-order valence-corrected chi connectivity index (χ3v) is 1.63. The number of aromatic amines is 2. The molecule has 1 aromatic rings. The summed E-state index contributed by atoms with van der Waals surface area (Å²) in [6.07, 6.45) is 0.0521. The van der Waals surface area contributed by atoms with Gasteiger partial charge in [-0.25, -0.2) is 9.59 Å². The summed E-state index contributed by atoms with van der Waals surface area (Å²) in [5, 5.41) is 8.53. The Kier molecular flexibility index (Phi) is 2.70. The first-order valence-corrected chi connectivity index (χ1v) is 3.75. The van der Waals surface area contributed by atoms with Gasteiger partial charge in [-0.2, -0.15) is 0 Å². The zero-order chi connectivity index (χ0) is 10.7. The van der Waals surface area contributed by atoms with Gasteiger partial charge in [0.1, 0.15) is 0 Å². The molecule has 1 heterocycles. The van der Waals surface area contributed by atoms with Crippen molar-refractivity contribution in [2.45, 2.75) is 6.54 Å². The van der Waals surface area contributed by atoms with E-state index in [-0.39, 0.29) is 12.1 Å². The van der Waals surface area contributed by atoms with E-state index in [1.54, 1.807) is 0 Å². The van der Waals surface area contributed by atoms with Crippen LogP contribution in [0.25, 0.3) is 0 Å². The molecule has 0 unspecified atom stereocenters. The van der Waals surface area contributed by atoms with Gasteiger partial charge in [0.2, 0.25) is 0 Å². The number of H-pyrrole nitrogens is 2. The Labute approximate surface area is 78.0 Å². The molecule has 0 bridgehead atoms. The van der Waals surface area contributed by atoms with E-state index < -0.39 is 17.3 Å². The lowest BCUT2D eigenvalue weighted by atomic mass is 10.3. The Balaban J connectivity index is 2.93. The van der Waals surface area contributed by atoms with Crippen LogP contribution in [0.15, 0.2) is 15.8 Å². The van der Waals surface area contributed by atoms with Gasteiger partial charge in [0.25, 0.3) is 5.56 Å². The van der Waals surface area contributed by atoms with Crippen LogP contribution in [-0.2, 0) is 6.54 Å². The van der Waals surface area contributed by atoms with E-state index >= 15 is 0 Å². The molecule has 0 aromatic carbocycles. The van der Waals surface area contributed by atoms with E-state index in [0.717, 1.165) is 4.90 Å². The van der Waals surface area contributed by atoms with Crippen molar-refractivity contribution in [2.75, 3.05) is 7.05 Å². The summed E-state index contributed by atoms with van der Waals surface area (Å²) in [4.78, 5) is 37.3. The number of rotatable bonds is 2. The number of carboxylic acid groups (broad SMARTS) is 1. The fourth-order valence-corrected chi connectivity index (χ4v) is 0.878. The van der Waals surface area contributed by atoms with Gasteiger partial charge in [0, 0.05) is 13.2 Å². The summed E-state index contributed by atoms with van der Waals surface area (Å²) >= 11 is 0. The lowest BCUT2D eigenvalue weighted by Crippen LogP contribution is -2.31. The van der Waals surface area contributed by atoms with Crippen molar-refractivity contribution in [1.29, 1.82) is 0 Å². The molecule has 7 nitrogen and oxygen atoms in total. The Morgan fingerprint density at radius 3 is 2.71 bits per heavy atom. The summed E-state index contributed by atoms with van der Waals surface area (Å²) in [6, 6.07) is 0. The summed E-state index contributed by atoms with van der Waals surface area (Å²) in [5.41, 5.74) is -1.01. The summed E-state index contributed by atoms with van der Waals surface area (Å²) < 4.78 is 0. The number of amides is 1. The molecule has 0 aliphatic heterocycles. The maximum Gasteiger partial charge on any atom is 0.407 e. The molecule has 76 valence electrons. The first-order valence-electron chi connectivity index (χ1n) is 3.75. The van der Waals surface area contributed by atoms with Crippen molar-refractivity contribution in [1.82, 2.24) is 14.9 Å². The zero-order valence-electron chi connectivity index (χ0n) is 7.40. The SMILES string of the molecule is CN(Cc1c[nH]c(=O)[nH]c1=O)C(=O)O. The van der Waals surface area contributed by atoms with Gasteiger partial charge in [-0.1, -0.05) is 0 Å². The molecule has 1 amide bonds. The first kappa shape index (κ1) is 10.0. The highest BCUT2D eigenvalue weighted by molar-refractivity contribution is 5.64. The molecule has 3 N–H and O–H groups in total. The monoisotopic (exact) mass is 199 g/mol. The lowest BCUT2D eigenvalue weighted by Gasteiger charge is -2.11. The largest absolute Gasteiger partial charge is 0.465 e. The maximum atomic E-state index is 11.1. The molecule has 0 fully saturated rings. The minimum atomic E-state index is -1.14. The maximum absolute atomic E-state index is 11.1. The van der Waals surface area contributed by atoms with Gasteiger partial charge in [-0.15, -0.1) is 0 Å². The fraction of sp³-hybridized carbons (Fsp3) is 0.286. The molecule has 0 aliphatic carbocycles. The second kappa shape index (κ2) is 3.77. The summed E-state index contributed by atoms with van der Waals surface area (Å²) in [7, 11) is 1.33. The molecule has 1 aromatic heterocycles. The predicted octanol–water partition coefficient (Wildman–Crippen LogP) is -0.827. The predicted molar refractivity (Wildman–Crippen MR) is 47.2 cm³/mol. The molecule has 1 rings (SSSR count). The Bertz CT molecular complexity index is 447. The molecule has 0 saturated carbocycles. The van der Waals surface area contributed by atoms with Gasteiger partial charge in [0.15, 0.2) is 0 Å². The van der Waals surface area contributed by atoms with Crippen molar-refractivity contribution in [2.24, 2.45) is 0 Å². The molecular weight excluding hydrogens is 190 g/mol. The number of carbonyl (C=O) groups is 1. The van der Waals surface area contributed by atoms with Gasteiger partial charge in [-0.3, -0.25) is 9.78 Å². The number of hydrogen-bond acceptors (Lipinski definition) is 3. The number of nitrogens with one attached hydrogen (secondary N) is 2. The van der Waals surface area contributed by atoms with Crippen molar-refractivity contribution in [3.8, 4) is 0 Å². The van der Waals surface area contributed by atoms with E-state index in [2.05, 4.69) is 4.98 Å². The van der Waals surface area contributed by atoms with Crippen molar-refractivity contribution < 1.29 is 9.90 Å². The van der Waals surface area contributed by atoms with E-state index in [9.17, 15) is 14.4 Å². The minimum Gasteiger partial charge on any atom is -0.465 e. The second-order valence-electron chi connectivity index (χ2n) is 2.74. The van der Waals surface area contributed by atoms with Gasteiger partial charge < -0.3 is 15.0 Å². The molecule has 0 atom stereocenters. The molecule has 7 heteroatoms. The number of nitrogens with zero attached hydrogens (tertiary/aromatic N) is 1. The molecule has 0 spiro atoms. The average molecular weight is 199 g/mol. The molecule has 14 heavy (non-hydrogen) atoms. The highest BCUT2D eigenvalue weighted by Gasteiger charge is 2.08. The molecular formula is C7H9N3O4. The highest BCUT2D eigenvalue weighted by atomic mass is 16.4. The van der Waals surface area contributed by atoms with Crippen LogP contribution in [0, 0.1) is 0 Å². The number of hydrogen-bond donors (Lipinski definition) is 3. The van der Waals surface area contributed by atoms with Crippen LogP contribution in [0.3, 0.4) is 0 Å². The molecule has 0 saturated heterocycles. The van der Waals surface area contributed by atoms with Crippen molar-refractivity contribution in [3.05, 3.63) is 32.6 Å². The van der Waals surface area contributed by atoms with Crippen LogP contribution in [-0.4, -0.2) is 33.1 Å². The van der Waals surface area contributed by atoms with Crippen molar-refractivity contribution in [3.63, 3.8) is 0 Å². The fourth-order valence-electron chi connectivity index (χ4n) is 0.878. The Hall–Kier alpha value is -2.05. The first-order chi connectivity index (χ1) is 6.50. The van der Waals surface area contributed by atoms with Crippen LogP contribution in [0.5, 0.6) is 0 Å². The zero-order valence-corrected chi connectivity index (χ0v) is 7.40. The van der Waals surface area contributed by atoms with E-state index in [1.807, 2.05) is 4.98 Å². The molecule has 0 aliphatic rings. The minimum absolute atomic E-state index is 0.0680. The highest BCUT2D eigenvalue weighted by Crippen LogP contribution is 1.93. The van der Waals surface area contributed by atoms with Crippen LogP contribution in [0.2, 0.25) is 0 Å². The van der Waals surface area contributed by atoms with Gasteiger partial charge in [0.05, 0.1) is 12.1 Å². The van der Waals surface area contributed by atoms with Crippen LogP contribution >= 0.6 is 0 Å². The summed E-state index contributed by atoms with van der Waals surface area (Å²) in [5.74, 6) is 0. The van der Waals surface area contributed by atoms with E-state index in [1.165, 1.54) is 13.2 Å². The second-order valence-corrected chi connectivity index (χ2v) is 2.74. The topological polar surface area (TPSA) is 106 Å². The Morgan fingerprint density at radius 1 is 1.57 bits per heavy atom. The standard InChI is InChI=1S/C7H9N3O4/c1-10(7(13)14)3-4-2-8-6(12)9-5(4)11/h2H,3H2,1H3,(H,13,14)(H2,8,9,11,12). The van der Waals surface area contributed by atoms with E-state index in [4.69, 9.17) is 5.11 Å². The quantitative estimate of drug-likeness (QED) is 0.578. The van der Waals surface area contributed by atoms with Crippen LogP contribution in [0.1, 0.15) is 5.56 Å². The lowest BCUT2D eigenvalue weighted by molar-refractivity contribution is 0.153. The third-order valence-electron chi connectivity index (χ3n) is 1.63. The number of aromatic nitrogens is 2. The Morgan fingerprint density at radius 2 is 2.21 bits per heavy atom. The van der Waals surface area contributed by atoms with Gasteiger partial charge in [-0.05, 0) is 0 Å². The molecule has 0 radical (unpaired) electrons. The summed E-state index contributed by atoms with van der Waals surface area (Å²) in [6.45, 7) is -0.0680. The van der Waals surface area contributed by atoms with E-state index in [0.29, 0.717) is 0 Å². The normalized spacial score (nSPS) is 9.79. The van der Waals surface area contributed by atoms with Crippen LogP contribution < -0.4 is 11.2 Å². The smallest absolute Gasteiger partial charge is 0.407 e.